The van der Waals surface area contributed by atoms with Crippen LogP contribution in [0.25, 0.3) is 0 Å². The summed E-state index contributed by atoms with van der Waals surface area (Å²) in [5.74, 6) is 1.20. The summed E-state index contributed by atoms with van der Waals surface area (Å²) in [5.41, 5.74) is 1.91. The van der Waals surface area contributed by atoms with Gasteiger partial charge in [-0.05, 0) is 43.9 Å². The normalized spacial score (nSPS) is 12.3. The predicted molar refractivity (Wildman–Crippen MR) is 132 cm³/mol. The van der Waals surface area contributed by atoms with Crippen LogP contribution in [0.15, 0.2) is 53.5 Å². The van der Waals surface area contributed by atoms with Gasteiger partial charge in [-0.25, -0.2) is 4.39 Å². The molecule has 2 aromatic rings. The molecule has 0 heterocycles. The van der Waals surface area contributed by atoms with Crippen molar-refractivity contribution in [2.24, 2.45) is 4.99 Å². The van der Waals surface area contributed by atoms with Crippen molar-refractivity contribution < 1.29 is 13.9 Å². The lowest BCUT2D eigenvalue weighted by Gasteiger charge is -2.26. The largest absolute Gasteiger partial charge is 0.493 e. The van der Waals surface area contributed by atoms with Gasteiger partial charge in [0.25, 0.3) is 0 Å². The number of halogens is 2. The number of hydrogen-bond donors (Lipinski definition) is 2. The number of rotatable bonds is 10. The summed E-state index contributed by atoms with van der Waals surface area (Å²) < 4.78 is 24.0. The van der Waals surface area contributed by atoms with E-state index in [1.807, 2.05) is 50.5 Å². The molecule has 0 bridgehead atoms. The highest BCUT2D eigenvalue weighted by molar-refractivity contribution is 14.0. The molecule has 0 saturated heterocycles. The van der Waals surface area contributed by atoms with E-state index in [2.05, 4.69) is 20.5 Å². The fraction of sp³-hybridized carbons (Fsp3) is 0.409. The molecule has 0 aromatic heterocycles. The highest BCUT2D eigenvalue weighted by atomic mass is 127. The number of nitrogens with zero attached hydrogens (tertiary/aromatic N) is 2. The second-order valence-corrected chi connectivity index (χ2v) is 6.83. The van der Waals surface area contributed by atoms with Gasteiger partial charge in [-0.2, -0.15) is 0 Å². The van der Waals surface area contributed by atoms with Gasteiger partial charge in [-0.1, -0.05) is 18.2 Å². The van der Waals surface area contributed by atoms with E-state index in [1.54, 1.807) is 14.2 Å². The van der Waals surface area contributed by atoms with Gasteiger partial charge in [0.2, 0.25) is 0 Å². The summed E-state index contributed by atoms with van der Waals surface area (Å²) in [7, 11) is 7.40. The molecule has 0 saturated carbocycles. The van der Waals surface area contributed by atoms with E-state index in [0.29, 0.717) is 25.7 Å². The second kappa shape index (κ2) is 14.2. The Hall–Kier alpha value is -1.91. The lowest BCUT2D eigenvalue weighted by Crippen LogP contribution is -2.38. The summed E-state index contributed by atoms with van der Waals surface area (Å²) in [4.78, 5) is 6.38. The van der Waals surface area contributed by atoms with Gasteiger partial charge in [-0.3, -0.25) is 4.99 Å². The van der Waals surface area contributed by atoms with E-state index >= 15 is 0 Å². The van der Waals surface area contributed by atoms with Crippen molar-refractivity contribution >= 4 is 35.6 Å². The van der Waals surface area contributed by atoms with Gasteiger partial charge in [0.15, 0.2) is 5.96 Å². The Balaban J connectivity index is 0.00000450. The Morgan fingerprint density at radius 1 is 1.13 bits per heavy atom. The van der Waals surface area contributed by atoms with E-state index < -0.39 is 0 Å². The van der Waals surface area contributed by atoms with Gasteiger partial charge in [0.05, 0.1) is 12.6 Å². The van der Waals surface area contributed by atoms with Crippen molar-refractivity contribution in [1.29, 1.82) is 0 Å². The minimum absolute atomic E-state index is 0. The molecule has 2 rings (SSSR count). The Labute approximate surface area is 195 Å². The topological polar surface area (TPSA) is 58.1 Å². The number of likely N-dealkylation sites (N-methyl/N-ethyl adjacent to an activating group) is 1. The maximum Gasteiger partial charge on any atom is 0.195 e. The Kier molecular flexibility index (Phi) is 12.3. The molecule has 1 unspecified atom stereocenters. The number of anilines is 1. The first-order chi connectivity index (χ1) is 14.0. The molecule has 8 heteroatoms. The number of ether oxygens (including phenoxy) is 2. The van der Waals surface area contributed by atoms with Crippen molar-refractivity contribution in [3.8, 4) is 5.75 Å². The van der Waals surface area contributed by atoms with Crippen molar-refractivity contribution in [3.05, 3.63) is 59.9 Å². The van der Waals surface area contributed by atoms with Crippen LogP contribution in [0.1, 0.15) is 18.0 Å². The zero-order valence-corrected chi connectivity index (χ0v) is 20.4. The van der Waals surface area contributed by atoms with E-state index in [-0.39, 0.29) is 35.8 Å². The van der Waals surface area contributed by atoms with Crippen molar-refractivity contribution in [1.82, 2.24) is 10.2 Å². The quantitative estimate of drug-likeness (QED) is 0.209. The third-order valence-corrected chi connectivity index (χ3v) is 4.42. The summed E-state index contributed by atoms with van der Waals surface area (Å²) >= 11 is 0. The van der Waals surface area contributed by atoms with Crippen LogP contribution in [0.4, 0.5) is 10.1 Å². The van der Waals surface area contributed by atoms with Crippen LogP contribution in [0.5, 0.6) is 5.75 Å². The fourth-order valence-electron chi connectivity index (χ4n) is 2.85. The van der Waals surface area contributed by atoms with Crippen LogP contribution in [0, 0.1) is 5.82 Å². The molecule has 0 radical (unpaired) electrons. The van der Waals surface area contributed by atoms with Crippen LogP contribution >= 0.6 is 24.0 Å². The summed E-state index contributed by atoms with van der Waals surface area (Å²) in [5, 5.41) is 6.62. The molecule has 6 nitrogen and oxygen atoms in total. The van der Waals surface area contributed by atoms with E-state index in [4.69, 9.17) is 9.47 Å². The summed E-state index contributed by atoms with van der Waals surface area (Å²) in [6, 6.07) is 14.4. The van der Waals surface area contributed by atoms with Crippen LogP contribution in [0.2, 0.25) is 0 Å². The predicted octanol–water partition coefficient (Wildman–Crippen LogP) is 4.15. The Morgan fingerprint density at radius 2 is 1.87 bits per heavy atom. The van der Waals surface area contributed by atoms with Crippen LogP contribution in [-0.4, -0.2) is 58.9 Å². The maximum atomic E-state index is 13.2. The van der Waals surface area contributed by atoms with Gasteiger partial charge in [-0.15, -0.1) is 24.0 Å². The molecule has 2 aromatic carbocycles. The van der Waals surface area contributed by atoms with E-state index in [9.17, 15) is 4.39 Å². The van der Waals surface area contributed by atoms with E-state index in [1.165, 1.54) is 12.1 Å². The van der Waals surface area contributed by atoms with Crippen LogP contribution in [-0.2, 0) is 4.74 Å². The Bertz CT molecular complexity index is 772. The molecule has 0 aliphatic rings. The fourth-order valence-corrected chi connectivity index (χ4v) is 2.85. The molecule has 2 N–H and O–H groups in total. The second-order valence-electron chi connectivity index (χ2n) is 6.83. The van der Waals surface area contributed by atoms with Crippen molar-refractivity contribution in [2.45, 2.75) is 12.5 Å². The molecular formula is C22H32FIN4O2. The number of benzene rings is 2. The highest BCUT2D eigenvalue weighted by Gasteiger charge is 2.15. The average molecular weight is 530 g/mol. The molecule has 1 atom stereocenters. The molecular weight excluding hydrogens is 498 g/mol. The lowest BCUT2D eigenvalue weighted by atomic mass is 10.1. The lowest BCUT2D eigenvalue weighted by molar-refractivity contribution is 0.172. The van der Waals surface area contributed by atoms with Crippen molar-refractivity contribution in [2.75, 3.05) is 53.3 Å². The minimum Gasteiger partial charge on any atom is -0.493 e. The monoisotopic (exact) mass is 530 g/mol. The number of aliphatic imine (C=N–C) groups is 1. The van der Waals surface area contributed by atoms with Crippen LogP contribution < -0.4 is 15.4 Å². The van der Waals surface area contributed by atoms with Gasteiger partial charge in [0.1, 0.15) is 11.6 Å². The van der Waals surface area contributed by atoms with Gasteiger partial charge < -0.3 is 25.0 Å². The highest BCUT2D eigenvalue weighted by Crippen LogP contribution is 2.19. The molecule has 166 valence electrons. The first-order valence-corrected chi connectivity index (χ1v) is 9.65. The average Bonchev–Trinajstić information content (AvgIpc) is 2.72. The summed E-state index contributed by atoms with van der Waals surface area (Å²) in [6.07, 6.45) is 0.840. The van der Waals surface area contributed by atoms with Gasteiger partial charge >= 0.3 is 0 Å². The number of hydrogen-bond acceptors (Lipinski definition) is 4. The minimum atomic E-state index is -0.235. The maximum absolute atomic E-state index is 13.2. The third-order valence-electron chi connectivity index (χ3n) is 4.42. The molecule has 0 spiro atoms. The molecule has 30 heavy (non-hydrogen) atoms. The van der Waals surface area contributed by atoms with Crippen molar-refractivity contribution in [3.63, 3.8) is 0 Å². The zero-order valence-electron chi connectivity index (χ0n) is 18.0. The molecule has 0 aliphatic carbocycles. The number of guanidine groups is 1. The van der Waals surface area contributed by atoms with Crippen LogP contribution in [0.3, 0.4) is 0 Å². The summed E-state index contributed by atoms with van der Waals surface area (Å²) in [6.45, 7) is 1.90. The molecule has 0 aliphatic heterocycles. The Morgan fingerprint density at radius 3 is 2.50 bits per heavy atom. The zero-order chi connectivity index (χ0) is 21.1. The molecule has 0 amide bonds. The third kappa shape index (κ3) is 8.85. The van der Waals surface area contributed by atoms with Gasteiger partial charge in [0, 0.05) is 45.5 Å². The first-order valence-electron chi connectivity index (χ1n) is 9.65. The number of methoxy groups -OCH3 is 1. The SMILES string of the molecule is CN=C(NCC(c1ccc(F)cc1)N(C)C)Nc1cccc(OCCCOC)c1.I. The standard InChI is InChI=1S/C22H31FN4O2.HI/c1-24-22(25-16-21(27(2)3)17-9-11-18(23)12-10-17)26-19-7-5-8-20(15-19)29-14-6-13-28-4;/h5,7-12,15,21H,6,13-14,16H2,1-4H3,(H2,24,25,26);1H. The number of nitrogens with one attached hydrogen (secondary N) is 2. The first kappa shape index (κ1) is 26.1. The molecule has 0 fully saturated rings. The smallest absolute Gasteiger partial charge is 0.195 e. The van der Waals surface area contributed by atoms with E-state index in [0.717, 1.165) is 23.4 Å².